The normalized spacial score (nSPS) is 37.6. The van der Waals surface area contributed by atoms with Crippen molar-refractivity contribution in [3.8, 4) is 0 Å². The van der Waals surface area contributed by atoms with E-state index in [1.54, 1.807) is 0 Å². The summed E-state index contributed by atoms with van der Waals surface area (Å²) in [5.74, 6) is 1.95. The van der Waals surface area contributed by atoms with Crippen LogP contribution in [0.1, 0.15) is 18.4 Å². The summed E-state index contributed by atoms with van der Waals surface area (Å²) in [7, 11) is 2.45. The molecule has 1 nitrogen and oxygen atoms in total. The summed E-state index contributed by atoms with van der Waals surface area (Å²) in [5, 5.41) is 0. The fraction of sp³-hybridized carbons (Fsp3) is 0.600. The van der Waals surface area contributed by atoms with Gasteiger partial charge < -0.3 is 4.48 Å². The monoisotopic (exact) mass is 216 g/mol. The van der Waals surface area contributed by atoms with Crippen LogP contribution in [0.3, 0.4) is 0 Å². The quantitative estimate of drug-likeness (QED) is 0.667. The van der Waals surface area contributed by atoms with Crippen molar-refractivity contribution in [1.29, 1.82) is 0 Å². The standard InChI is InChI=1S/C15H22N/c1-16-9-7-14(8-10-16)15(12-16)11-13-5-3-2-4-6-13/h2-6,14-15H,7-12H2,1H3/q+1/t14?,15-,16?/m1/s1. The number of hydrogen-bond acceptors (Lipinski definition) is 0. The summed E-state index contributed by atoms with van der Waals surface area (Å²) in [6, 6.07) is 11.0. The van der Waals surface area contributed by atoms with Gasteiger partial charge in [0.15, 0.2) is 0 Å². The number of piperidine rings is 3. The molecule has 3 heterocycles. The summed E-state index contributed by atoms with van der Waals surface area (Å²) < 4.78 is 1.34. The summed E-state index contributed by atoms with van der Waals surface area (Å²) in [5.41, 5.74) is 1.54. The molecule has 0 N–H and O–H groups in total. The van der Waals surface area contributed by atoms with Crippen molar-refractivity contribution in [2.75, 3.05) is 26.7 Å². The molecule has 3 aliphatic heterocycles. The van der Waals surface area contributed by atoms with Crippen molar-refractivity contribution in [2.24, 2.45) is 11.8 Å². The fourth-order valence-corrected chi connectivity index (χ4v) is 3.73. The molecule has 16 heavy (non-hydrogen) atoms. The Bertz CT molecular complexity index is 349. The van der Waals surface area contributed by atoms with Crippen LogP contribution in [0, 0.1) is 11.8 Å². The van der Waals surface area contributed by atoms with Crippen LogP contribution in [0.2, 0.25) is 0 Å². The molecule has 0 radical (unpaired) electrons. The van der Waals surface area contributed by atoms with Gasteiger partial charge in [-0.15, -0.1) is 0 Å². The predicted octanol–water partition coefficient (Wildman–Crippen LogP) is 2.72. The van der Waals surface area contributed by atoms with E-state index >= 15 is 0 Å². The second kappa shape index (κ2) is 3.89. The van der Waals surface area contributed by atoms with Gasteiger partial charge in [0.25, 0.3) is 0 Å². The van der Waals surface area contributed by atoms with Gasteiger partial charge >= 0.3 is 0 Å². The minimum Gasteiger partial charge on any atom is -0.326 e. The summed E-state index contributed by atoms with van der Waals surface area (Å²) in [6.45, 7) is 4.27. The minimum atomic E-state index is 0.940. The lowest BCUT2D eigenvalue weighted by atomic mass is 9.75. The SMILES string of the molecule is C[N+]12CCC(CC1)[C@H](Cc1ccccc1)C2. The van der Waals surface area contributed by atoms with Crippen LogP contribution in [-0.2, 0) is 6.42 Å². The van der Waals surface area contributed by atoms with E-state index in [1.807, 2.05) is 0 Å². The summed E-state index contributed by atoms with van der Waals surface area (Å²) in [6.07, 6.45) is 4.24. The lowest BCUT2D eigenvalue weighted by Gasteiger charge is -2.50. The predicted molar refractivity (Wildman–Crippen MR) is 67.1 cm³/mol. The Morgan fingerprint density at radius 1 is 1.12 bits per heavy atom. The van der Waals surface area contributed by atoms with E-state index in [1.165, 1.54) is 48.9 Å². The van der Waals surface area contributed by atoms with E-state index in [0.29, 0.717) is 0 Å². The van der Waals surface area contributed by atoms with E-state index in [9.17, 15) is 0 Å². The zero-order valence-electron chi connectivity index (χ0n) is 10.2. The molecule has 1 aromatic carbocycles. The van der Waals surface area contributed by atoms with E-state index in [0.717, 1.165) is 11.8 Å². The number of fused-ring (bicyclic) bond motifs is 3. The first-order chi connectivity index (χ1) is 7.75. The van der Waals surface area contributed by atoms with E-state index in [2.05, 4.69) is 37.4 Å². The molecule has 3 saturated heterocycles. The average molecular weight is 216 g/mol. The first kappa shape index (κ1) is 10.3. The van der Waals surface area contributed by atoms with Crippen molar-refractivity contribution in [1.82, 2.24) is 0 Å². The molecule has 0 amide bonds. The van der Waals surface area contributed by atoms with Crippen molar-refractivity contribution in [3.05, 3.63) is 35.9 Å². The minimum absolute atomic E-state index is 0.940. The molecule has 2 bridgehead atoms. The van der Waals surface area contributed by atoms with Crippen LogP contribution in [0.5, 0.6) is 0 Å². The van der Waals surface area contributed by atoms with Gasteiger partial charge in [0.2, 0.25) is 0 Å². The van der Waals surface area contributed by atoms with Crippen molar-refractivity contribution in [3.63, 3.8) is 0 Å². The highest BCUT2D eigenvalue weighted by Crippen LogP contribution is 2.37. The fourth-order valence-electron chi connectivity index (χ4n) is 3.73. The molecular formula is C15H22N+. The van der Waals surface area contributed by atoms with Crippen LogP contribution in [0.25, 0.3) is 0 Å². The average Bonchev–Trinajstić information content (AvgIpc) is 2.30. The highest BCUT2D eigenvalue weighted by molar-refractivity contribution is 5.15. The Morgan fingerprint density at radius 2 is 1.81 bits per heavy atom. The van der Waals surface area contributed by atoms with Crippen LogP contribution >= 0.6 is 0 Å². The second-order valence-electron chi connectivity index (χ2n) is 6.04. The van der Waals surface area contributed by atoms with Gasteiger partial charge in [0.1, 0.15) is 0 Å². The number of quaternary nitrogens is 1. The maximum atomic E-state index is 2.45. The van der Waals surface area contributed by atoms with Gasteiger partial charge in [-0.2, -0.15) is 0 Å². The molecule has 1 aromatic rings. The molecule has 1 atom stereocenters. The maximum absolute atomic E-state index is 2.45. The molecule has 3 aliphatic rings. The second-order valence-corrected chi connectivity index (χ2v) is 6.04. The first-order valence-electron chi connectivity index (χ1n) is 6.63. The Labute approximate surface area is 98.7 Å². The molecule has 0 saturated carbocycles. The van der Waals surface area contributed by atoms with Gasteiger partial charge in [-0.05, 0) is 17.9 Å². The number of hydrogen-bond donors (Lipinski definition) is 0. The number of benzene rings is 1. The molecule has 4 rings (SSSR count). The van der Waals surface area contributed by atoms with Gasteiger partial charge in [-0.25, -0.2) is 0 Å². The van der Waals surface area contributed by atoms with Crippen LogP contribution < -0.4 is 0 Å². The third-order valence-electron chi connectivity index (χ3n) is 4.76. The van der Waals surface area contributed by atoms with Crippen LogP contribution in [-0.4, -0.2) is 31.2 Å². The van der Waals surface area contributed by atoms with Crippen molar-refractivity contribution < 1.29 is 4.48 Å². The molecule has 1 heteroatoms. The molecule has 0 spiro atoms. The zero-order chi connectivity index (χ0) is 11.0. The van der Waals surface area contributed by atoms with Gasteiger partial charge in [0, 0.05) is 18.8 Å². The van der Waals surface area contributed by atoms with Crippen molar-refractivity contribution >= 4 is 0 Å². The third kappa shape index (κ3) is 1.89. The third-order valence-corrected chi connectivity index (χ3v) is 4.76. The number of nitrogens with zero attached hydrogens (tertiary/aromatic N) is 1. The Morgan fingerprint density at radius 3 is 2.44 bits per heavy atom. The van der Waals surface area contributed by atoms with Crippen LogP contribution in [0.15, 0.2) is 30.3 Å². The molecular weight excluding hydrogens is 194 g/mol. The first-order valence-corrected chi connectivity index (χ1v) is 6.63. The smallest absolute Gasteiger partial charge is 0.0819 e. The van der Waals surface area contributed by atoms with Gasteiger partial charge in [0.05, 0.1) is 26.7 Å². The molecule has 3 fully saturated rings. The Hall–Kier alpha value is -0.820. The van der Waals surface area contributed by atoms with E-state index in [-0.39, 0.29) is 0 Å². The summed E-state index contributed by atoms with van der Waals surface area (Å²) in [4.78, 5) is 0. The van der Waals surface area contributed by atoms with Gasteiger partial charge in [-0.3, -0.25) is 0 Å². The molecule has 0 aromatic heterocycles. The van der Waals surface area contributed by atoms with Crippen LogP contribution in [0.4, 0.5) is 0 Å². The summed E-state index contributed by atoms with van der Waals surface area (Å²) >= 11 is 0. The molecule has 86 valence electrons. The molecule has 0 aliphatic carbocycles. The topological polar surface area (TPSA) is 0 Å². The lowest BCUT2D eigenvalue weighted by molar-refractivity contribution is -0.929. The number of rotatable bonds is 2. The highest BCUT2D eigenvalue weighted by atomic mass is 15.3. The van der Waals surface area contributed by atoms with Crippen molar-refractivity contribution in [2.45, 2.75) is 19.3 Å². The zero-order valence-corrected chi connectivity index (χ0v) is 10.2. The lowest BCUT2D eigenvalue weighted by Crippen LogP contribution is -2.59. The maximum Gasteiger partial charge on any atom is 0.0819 e. The van der Waals surface area contributed by atoms with Gasteiger partial charge in [-0.1, -0.05) is 30.3 Å². The largest absolute Gasteiger partial charge is 0.326 e. The Kier molecular flexibility index (Phi) is 2.51. The van der Waals surface area contributed by atoms with E-state index < -0.39 is 0 Å². The molecule has 0 unspecified atom stereocenters. The highest BCUT2D eigenvalue weighted by Gasteiger charge is 2.42. The van der Waals surface area contributed by atoms with E-state index in [4.69, 9.17) is 0 Å². The Balaban J connectivity index is 1.72.